The van der Waals surface area contributed by atoms with Gasteiger partial charge in [-0.15, -0.1) is 0 Å². The number of amides is 2. The SMILES string of the molecule is Cn1ncc2c(NN)nc(CN3C(=O)COCC3=O)nc21. The minimum atomic E-state index is -0.415. The van der Waals surface area contributed by atoms with Crippen LogP contribution in [0.1, 0.15) is 5.82 Å². The third kappa shape index (κ3) is 2.30. The topological polar surface area (TPSA) is 128 Å². The number of nitrogens with one attached hydrogen (secondary N) is 1. The molecule has 0 bridgehead atoms. The van der Waals surface area contributed by atoms with E-state index in [0.29, 0.717) is 22.7 Å². The average Bonchev–Trinajstić information content (AvgIpc) is 2.84. The van der Waals surface area contributed by atoms with Crippen LogP contribution >= 0.6 is 0 Å². The van der Waals surface area contributed by atoms with Crippen molar-refractivity contribution < 1.29 is 14.3 Å². The Hall–Kier alpha value is -2.59. The van der Waals surface area contributed by atoms with E-state index >= 15 is 0 Å². The third-order valence-corrected chi connectivity index (χ3v) is 3.13. The first-order chi connectivity index (χ1) is 10.1. The lowest BCUT2D eigenvalue weighted by atomic mass is 10.3. The number of nitrogens with two attached hydrogens (primary N) is 1. The summed E-state index contributed by atoms with van der Waals surface area (Å²) in [7, 11) is 1.73. The molecule has 10 heteroatoms. The zero-order chi connectivity index (χ0) is 15.0. The van der Waals surface area contributed by atoms with Crippen LogP contribution in [0, 0.1) is 0 Å². The number of fused-ring (bicyclic) bond motifs is 1. The molecule has 0 unspecified atom stereocenters. The fourth-order valence-corrected chi connectivity index (χ4v) is 2.09. The summed E-state index contributed by atoms with van der Waals surface area (Å²) in [6, 6.07) is 0. The molecule has 0 spiro atoms. The lowest BCUT2D eigenvalue weighted by Crippen LogP contribution is -2.45. The predicted molar refractivity (Wildman–Crippen MR) is 70.5 cm³/mol. The Balaban J connectivity index is 1.98. The highest BCUT2D eigenvalue weighted by molar-refractivity contribution is 5.98. The number of rotatable bonds is 3. The quantitative estimate of drug-likeness (QED) is 0.398. The van der Waals surface area contributed by atoms with Crippen LogP contribution in [0.15, 0.2) is 6.20 Å². The van der Waals surface area contributed by atoms with Crippen molar-refractivity contribution in [1.82, 2.24) is 24.6 Å². The number of ether oxygens (including phenoxy) is 1. The van der Waals surface area contributed by atoms with Gasteiger partial charge in [0, 0.05) is 7.05 Å². The lowest BCUT2D eigenvalue weighted by Gasteiger charge is -2.24. The fourth-order valence-electron chi connectivity index (χ4n) is 2.09. The molecule has 1 aliphatic heterocycles. The molecule has 0 atom stereocenters. The maximum Gasteiger partial charge on any atom is 0.255 e. The molecule has 2 aromatic heterocycles. The van der Waals surface area contributed by atoms with Crippen molar-refractivity contribution in [2.45, 2.75) is 6.54 Å². The number of hydrogen-bond donors (Lipinski definition) is 2. The zero-order valence-corrected chi connectivity index (χ0v) is 11.2. The molecule has 0 radical (unpaired) electrons. The van der Waals surface area contributed by atoms with Crippen molar-refractivity contribution in [2.75, 3.05) is 18.6 Å². The van der Waals surface area contributed by atoms with Crippen LogP contribution in [-0.4, -0.2) is 49.7 Å². The summed E-state index contributed by atoms with van der Waals surface area (Å²) in [5.74, 6) is 5.29. The van der Waals surface area contributed by atoms with Gasteiger partial charge in [0.05, 0.1) is 18.1 Å². The monoisotopic (exact) mass is 291 g/mol. The van der Waals surface area contributed by atoms with Gasteiger partial charge < -0.3 is 10.2 Å². The van der Waals surface area contributed by atoms with Crippen LogP contribution in [0.4, 0.5) is 5.82 Å². The van der Waals surface area contributed by atoms with E-state index in [0.717, 1.165) is 4.90 Å². The molecule has 1 fully saturated rings. The molecule has 0 aliphatic carbocycles. The Morgan fingerprint density at radius 2 is 2.05 bits per heavy atom. The van der Waals surface area contributed by atoms with E-state index in [1.807, 2.05) is 0 Å². The van der Waals surface area contributed by atoms with Gasteiger partial charge in [-0.1, -0.05) is 0 Å². The van der Waals surface area contributed by atoms with E-state index in [4.69, 9.17) is 10.6 Å². The van der Waals surface area contributed by atoms with Crippen molar-refractivity contribution in [2.24, 2.45) is 12.9 Å². The molecule has 21 heavy (non-hydrogen) atoms. The number of imide groups is 1. The van der Waals surface area contributed by atoms with Crippen LogP contribution in [0.25, 0.3) is 11.0 Å². The van der Waals surface area contributed by atoms with Crippen LogP contribution in [-0.2, 0) is 27.9 Å². The summed E-state index contributed by atoms with van der Waals surface area (Å²) in [5.41, 5.74) is 3.02. The van der Waals surface area contributed by atoms with E-state index in [9.17, 15) is 9.59 Å². The second-order valence-electron chi connectivity index (χ2n) is 4.50. The number of carbonyl (C=O) groups excluding carboxylic acids is 2. The highest BCUT2D eigenvalue weighted by Crippen LogP contribution is 2.19. The van der Waals surface area contributed by atoms with Crippen molar-refractivity contribution in [3.8, 4) is 0 Å². The molecular formula is C11H13N7O3. The molecule has 1 aliphatic rings. The fraction of sp³-hybridized carbons (Fsp3) is 0.364. The molecule has 3 N–H and O–H groups in total. The Kier molecular flexibility index (Phi) is 3.23. The minimum absolute atomic E-state index is 0.0309. The molecular weight excluding hydrogens is 278 g/mol. The molecule has 3 heterocycles. The summed E-state index contributed by atoms with van der Waals surface area (Å²) >= 11 is 0. The van der Waals surface area contributed by atoms with Crippen molar-refractivity contribution in [3.63, 3.8) is 0 Å². The standard InChI is InChI=1S/C11H13N7O3/c1-17-11-6(2-13-17)10(16-12)14-7(15-11)3-18-8(19)4-21-5-9(18)20/h2H,3-5,12H2,1H3,(H,14,15,16). The Bertz CT molecular complexity index is 710. The van der Waals surface area contributed by atoms with Gasteiger partial charge in [0.25, 0.3) is 11.8 Å². The first kappa shape index (κ1) is 13.4. The number of morpholine rings is 1. The summed E-state index contributed by atoms with van der Waals surface area (Å²) in [5, 5.41) is 4.73. The summed E-state index contributed by atoms with van der Waals surface area (Å²) in [4.78, 5) is 33.0. The summed E-state index contributed by atoms with van der Waals surface area (Å²) in [6.07, 6.45) is 1.58. The van der Waals surface area contributed by atoms with Gasteiger partial charge in [0.2, 0.25) is 0 Å². The minimum Gasteiger partial charge on any atom is -0.362 e. The number of hydrogen-bond acceptors (Lipinski definition) is 8. The molecule has 2 amide bonds. The molecule has 2 aromatic rings. The van der Waals surface area contributed by atoms with E-state index in [-0.39, 0.29) is 19.8 Å². The zero-order valence-electron chi connectivity index (χ0n) is 11.2. The van der Waals surface area contributed by atoms with E-state index < -0.39 is 11.8 Å². The van der Waals surface area contributed by atoms with Gasteiger partial charge in [0.1, 0.15) is 13.2 Å². The second kappa shape index (κ2) is 5.07. The molecule has 10 nitrogen and oxygen atoms in total. The molecule has 110 valence electrons. The van der Waals surface area contributed by atoms with E-state index in [2.05, 4.69) is 20.5 Å². The molecule has 0 saturated carbocycles. The summed E-state index contributed by atoms with van der Waals surface area (Å²) in [6.45, 7) is -0.278. The van der Waals surface area contributed by atoms with Crippen molar-refractivity contribution in [1.29, 1.82) is 0 Å². The lowest BCUT2D eigenvalue weighted by molar-refractivity contribution is -0.159. The number of nitrogens with zero attached hydrogens (tertiary/aromatic N) is 5. The Morgan fingerprint density at radius 3 is 2.71 bits per heavy atom. The smallest absolute Gasteiger partial charge is 0.255 e. The van der Waals surface area contributed by atoms with Crippen LogP contribution in [0.5, 0.6) is 0 Å². The maximum atomic E-state index is 11.7. The maximum absolute atomic E-state index is 11.7. The third-order valence-electron chi connectivity index (χ3n) is 3.13. The van der Waals surface area contributed by atoms with Crippen LogP contribution in [0.3, 0.4) is 0 Å². The van der Waals surface area contributed by atoms with Crippen LogP contribution < -0.4 is 11.3 Å². The number of aromatic nitrogens is 4. The molecule has 3 rings (SSSR count). The van der Waals surface area contributed by atoms with Crippen molar-refractivity contribution >= 4 is 28.7 Å². The van der Waals surface area contributed by atoms with Crippen molar-refractivity contribution in [3.05, 3.63) is 12.0 Å². The first-order valence-corrected chi connectivity index (χ1v) is 6.16. The van der Waals surface area contributed by atoms with E-state index in [1.54, 1.807) is 17.9 Å². The average molecular weight is 291 g/mol. The van der Waals surface area contributed by atoms with E-state index in [1.165, 1.54) is 0 Å². The van der Waals surface area contributed by atoms with Gasteiger partial charge in [-0.05, 0) is 0 Å². The van der Waals surface area contributed by atoms with Gasteiger partial charge in [-0.3, -0.25) is 19.2 Å². The van der Waals surface area contributed by atoms with Crippen LogP contribution in [0.2, 0.25) is 0 Å². The van der Waals surface area contributed by atoms with Gasteiger partial charge in [-0.25, -0.2) is 15.8 Å². The second-order valence-corrected chi connectivity index (χ2v) is 4.50. The number of nitrogen functional groups attached to an aromatic ring is 1. The summed E-state index contributed by atoms with van der Waals surface area (Å²) < 4.78 is 6.42. The van der Waals surface area contributed by atoms with Gasteiger partial charge >= 0.3 is 0 Å². The number of hydrazine groups is 1. The van der Waals surface area contributed by atoms with Gasteiger partial charge in [-0.2, -0.15) is 5.10 Å². The highest BCUT2D eigenvalue weighted by Gasteiger charge is 2.28. The number of anilines is 1. The normalized spacial score (nSPS) is 15.8. The van der Waals surface area contributed by atoms with Gasteiger partial charge in [0.15, 0.2) is 17.3 Å². The molecule has 1 saturated heterocycles. The highest BCUT2D eigenvalue weighted by atomic mass is 16.5. The first-order valence-electron chi connectivity index (χ1n) is 6.16. The predicted octanol–water partition coefficient (Wildman–Crippen LogP) is -1.47. The Labute approximate surface area is 118 Å². The molecule has 0 aromatic carbocycles. The number of carbonyl (C=O) groups is 2. The number of aryl methyl sites for hydroxylation is 1. The Morgan fingerprint density at radius 1 is 1.33 bits per heavy atom. The largest absolute Gasteiger partial charge is 0.362 e.